The molecular formula is C38H76NO4P. The van der Waals surface area contributed by atoms with Crippen molar-refractivity contribution in [2.45, 2.75) is 219 Å². The fourth-order valence-corrected chi connectivity index (χ4v) is 6.54. The lowest BCUT2D eigenvalue weighted by Crippen LogP contribution is -2.36. The lowest BCUT2D eigenvalue weighted by atomic mass is 9.98. The summed E-state index contributed by atoms with van der Waals surface area (Å²) in [6, 6.07) is -0.317. The number of phosphoric acid groups is 1. The number of hydrogen-bond acceptors (Lipinski definition) is 3. The van der Waals surface area contributed by atoms with Crippen molar-refractivity contribution in [1.82, 2.24) is 0 Å². The maximum absolute atomic E-state index is 11.5. The Labute approximate surface area is 274 Å². The van der Waals surface area contributed by atoms with E-state index in [2.05, 4.69) is 38.2 Å². The minimum absolute atomic E-state index is 0.317. The minimum atomic E-state index is -4.54. The van der Waals surface area contributed by atoms with Crippen molar-refractivity contribution in [1.29, 1.82) is 0 Å². The monoisotopic (exact) mass is 642 g/mol. The molecule has 0 aliphatic carbocycles. The molecule has 0 aromatic carbocycles. The van der Waals surface area contributed by atoms with Gasteiger partial charge in [0.1, 0.15) is 0 Å². The second kappa shape index (κ2) is 33.9. The van der Waals surface area contributed by atoms with Gasteiger partial charge >= 0.3 is 7.82 Å². The summed E-state index contributed by atoms with van der Waals surface area (Å²) in [7, 11) is -4.54. The molecule has 0 spiro atoms. The second-order valence-corrected chi connectivity index (χ2v) is 14.4. The van der Waals surface area contributed by atoms with Crippen molar-refractivity contribution in [3.8, 4) is 0 Å². The Morgan fingerprint density at radius 2 is 0.795 bits per heavy atom. The zero-order valence-electron chi connectivity index (χ0n) is 29.4. The molecule has 0 rings (SSSR count). The normalized spacial score (nSPS) is 13.8. The smallest absolute Gasteiger partial charge is 0.325 e. The van der Waals surface area contributed by atoms with Crippen molar-refractivity contribution in [2.75, 3.05) is 0 Å². The Kier molecular flexibility index (Phi) is 33.6. The van der Waals surface area contributed by atoms with Gasteiger partial charge in [-0.3, -0.25) is 4.52 Å². The summed E-state index contributed by atoms with van der Waals surface area (Å²) in [6.07, 6.45) is 45.4. The van der Waals surface area contributed by atoms with Crippen LogP contribution in [0.15, 0.2) is 24.3 Å². The lowest BCUT2D eigenvalue weighted by Gasteiger charge is -2.24. The van der Waals surface area contributed by atoms with Gasteiger partial charge in [0, 0.05) is 6.04 Å². The first-order valence-electron chi connectivity index (χ1n) is 19.2. The molecule has 2 unspecified atom stereocenters. The van der Waals surface area contributed by atoms with Crippen LogP contribution in [0.25, 0.3) is 0 Å². The molecule has 0 amide bonds. The summed E-state index contributed by atoms with van der Waals surface area (Å²) in [4.78, 5) is 18.8. The van der Waals surface area contributed by atoms with E-state index in [0.717, 1.165) is 38.5 Å². The molecule has 262 valence electrons. The minimum Gasteiger partial charge on any atom is -0.325 e. The first kappa shape index (κ1) is 43.5. The van der Waals surface area contributed by atoms with Gasteiger partial charge in [0.15, 0.2) is 0 Å². The molecule has 0 bridgehead atoms. The quantitative estimate of drug-likeness (QED) is 0.0364. The molecule has 0 saturated carbocycles. The Morgan fingerprint density at radius 1 is 0.500 bits per heavy atom. The summed E-state index contributed by atoms with van der Waals surface area (Å²) in [6.45, 7) is 4.53. The maximum atomic E-state index is 11.5. The summed E-state index contributed by atoms with van der Waals surface area (Å²) in [5, 5.41) is 0. The van der Waals surface area contributed by atoms with Gasteiger partial charge in [-0.2, -0.15) is 0 Å². The van der Waals surface area contributed by atoms with Crippen molar-refractivity contribution in [3.63, 3.8) is 0 Å². The van der Waals surface area contributed by atoms with Gasteiger partial charge in [-0.1, -0.05) is 167 Å². The van der Waals surface area contributed by atoms with E-state index in [1.54, 1.807) is 0 Å². The number of nitrogens with two attached hydrogens (primary N) is 1. The van der Waals surface area contributed by atoms with E-state index in [9.17, 15) is 14.4 Å². The zero-order valence-corrected chi connectivity index (χ0v) is 30.3. The van der Waals surface area contributed by atoms with E-state index in [4.69, 9.17) is 10.3 Å². The van der Waals surface area contributed by atoms with Gasteiger partial charge in [0.2, 0.25) is 0 Å². The number of hydrogen-bond donors (Lipinski definition) is 3. The SMILES string of the molecule is CCCCCCCC/C=C\CCCCCCCCC(N)C(CCCCCCCC/C=C\CCCCCCCC)OP(=O)(O)O. The van der Waals surface area contributed by atoms with Gasteiger partial charge in [-0.25, -0.2) is 4.57 Å². The Bertz CT molecular complexity index is 678. The van der Waals surface area contributed by atoms with Crippen LogP contribution in [0.4, 0.5) is 0 Å². The number of phosphoric ester groups is 1. The third-order valence-corrected chi connectivity index (χ3v) is 9.35. The molecule has 0 saturated heterocycles. The molecule has 0 aromatic heterocycles. The maximum Gasteiger partial charge on any atom is 0.469 e. The molecule has 5 nitrogen and oxygen atoms in total. The van der Waals surface area contributed by atoms with Crippen molar-refractivity contribution in [3.05, 3.63) is 24.3 Å². The summed E-state index contributed by atoms with van der Waals surface area (Å²) in [5.41, 5.74) is 6.37. The van der Waals surface area contributed by atoms with Gasteiger partial charge in [-0.05, 0) is 64.2 Å². The van der Waals surface area contributed by atoms with Crippen LogP contribution in [0.5, 0.6) is 0 Å². The zero-order chi connectivity index (χ0) is 32.4. The third kappa shape index (κ3) is 34.4. The van der Waals surface area contributed by atoms with Crippen LogP contribution >= 0.6 is 7.82 Å². The predicted molar refractivity (Wildman–Crippen MR) is 193 cm³/mol. The number of rotatable bonds is 35. The lowest BCUT2D eigenvalue weighted by molar-refractivity contribution is 0.101. The van der Waals surface area contributed by atoms with E-state index in [1.807, 2.05) is 0 Å². The molecule has 6 heteroatoms. The molecular weight excluding hydrogens is 565 g/mol. The van der Waals surface area contributed by atoms with E-state index in [1.165, 1.54) is 148 Å². The summed E-state index contributed by atoms with van der Waals surface area (Å²) in [5.74, 6) is 0. The van der Waals surface area contributed by atoms with Gasteiger partial charge in [0.25, 0.3) is 0 Å². The standard InChI is InChI=1S/C38H76NO4P/c1-3-5-7-9-11-13-15-17-19-21-23-25-27-29-31-33-35-37(39)38(43-44(40,41)42)36-34-32-30-28-26-24-22-20-18-16-14-12-10-8-6-4-2/h17-20,37-38H,3-16,21-36,39H2,1-2H3,(H2,40,41,42)/b19-17-,20-18-. The van der Waals surface area contributed by atoms with Crippen LogP contribution in [-0.4, -0.2) is 21.9 Å². The van der Waals surface area contributed by atoms with Crippen molar-refractivity contribution >= 4 is 7.82 Å². The van der Waals surface area contributed by atoms with E-state index < -0.39 is 13.9 Å². The average molecular weight is 642 g/mol. The van der Waals surface area contributed by atoms with Gasteiger partial charge < -0.3 is 15.5 Å². The highest BCUT2D eigenvalue weighted by Crippen LogP contribution is 2.39. The Balaban J connectivity index is 3.80. The molecule has 0 aromatic rings. The predicted octanol–water partition coefficient (Wildman–Crippen LogP) is 12.6. The van der Waals surface area contributed by atoms with Crippen LogP contribution < -0.4 is 5.73 Å². The van der Waals surface area contributed by atoms with Crippen LogP contribution in [0, 0.1) is 0 Å². The number of unbranched alkanes of at least 4 members (excludes halogenated alkanes) is 24. The third-order valence-electron chi connectivity index (χ3n) is 8.80. The molecule has 0 aliphatic rings. The van der Waals surface area contributed by atoms with Gasteiger partial charge in [0.05, 0.1) is 6.10 Å². The summed E-state index contributed by atoms with van der Waals surface area (Å²) < 4.78 is 16.7. The van der Waals surface area contributed by atoms with Crippen molar-refractivity contribution in [2.24, 2.45) is 5.73 Å². The largest absolute Gasteiger partial charge is 0.469 e. The fraction of sp³-hybridized carbons (Fsp3) is 0.895. The van der Waals surface area contributed by atoms with Crippen molar-refractivity contribution < 1.29 is 18.9 Å². The molecule has 2 atom stereocenters. The van der Waals surface area contributed by atoms with Crippen LogP contribution in [0.2, 0.25) is 0 Å². The number of allylic oxidation sites excluding steroid dienone is 4. The van der Waals surface area contributed by atoms with Crippen LogP contribution in [0.3, 0.4) is 0 Å². The van der Waals surface area contributed by atoms with Gasteiger partial charge in [-0.15, -0.1) is 0 Å². The van der Waals surface area contributed by atoms with E-state index in [-0.39, 0.29) is 6.04 Å². The first-order chi connectivity index (χ1) is 21.4. The molecule has 0 fully saturated rings. The topological polar surface area (TPSA) is 92.8 Å². The highest BCUT2D eigenvalue weighted by molar-refractivity contribution is 7.46. The van der Waals surface area contributed by atoms with Crippen LogP contribution in [-0.2, 0) is 9.09 Å². The average Bonchev–Trinajstić information content (AvgIpc) is 2.99. The molecule has 0 radical (unpaired) electrons. The molecule has 4 N–H and O–H groups in total. The molecule has 0 aliphatic heterocycles. The highest BCUT2D eigenvalue weighted by Gasteiger charge is 2.26. The fourth-order valence-electron chi connectivity index (χ4n) is 5.93. The molecule has 44 heavy (non-hydrogen) atoms. The van der Waals surface area contributed by atoms with E-state index in [0.29, 0.717) is 6.42 Å². The molecule has 0 heterocycles. The summed E-state index contributed by atoms with van der Waals surface area (Å²) >= 11 is 0. The highest BCUT2D eigenvalue weighted by atomic mass is 31.2. The Morgan fingerprint density at radius 3 is 1.14 bits per heavy atom. The first-order valence-corrected chi connectivity index (χ1v) is 20.7. The second-order valence-electron chi connectivity index (χ2n) is 13.3. The Hall–Kier alpha value is -0.450. The van der Waals surface area contributed by atoms with Crippen LogP contribution in [0.1, 0.15) is 206 Å². The van der Waals surface area contributed by atoms with E-state index >= 15 is 0 Å².